The first-order valence-corrected chi connectivity index (χ1v) is 9.01. The summed E-state index contributed by atoms with van der Waals surface area (Å²) >= 11 is 0. The highest BCUT2D eigenvalue weighted by Crippen LogP contribution is 2.28. The Morgan fingerprint density at radius 3 is 2.58 bits per heavy atom. The van der Waals surface area contributed by atoms with Gasteiger partial charge in [0.25, 0.3) is 0 Å². The molecule has 0 amide bonds. The van der Waals surface area contributed by atoms with Gasteiger partial charge in [0.15, 0.2) is 11.2 Å². The molecular weight excluding hydrogens is 326 g/mol. The number of benzene rings is 2. The normalized spacial score (nSPS) is 14.3. The molecular formula is C22H21NO3. The number of carbonyl (C=O) groups is 1. The second kappa shape index (κ2) is 6.89. The van der Waals surface area contributed by atoms with E-state index < -0.39 is 0 Å². The van der Waals surface area contributed by atoms with Gasteiger partial charge < -0.3 is 9.73 Å². The highest BCUT2D eigenvalue weighted by molar-refractivity contribution is 6.06. The Balaban J connectivity index is 1.80. The number of rotatable bonds is 5. The van der Waals surface area contributed by atoms with E-state index in [-0.39, 0.29) is 11.2 Å². The van der Waals surface area contributed by atoms with E-state index in [0.29, 0.717) is 40.2 Å². The molecule has 0 radical (unpaired) electrons. The van der Waals surface area contributed by atoms with Crippen LogP contribution in [0, 0.1) is 12.8 Å². The number of para-hydroxylation sites is 1. The molecule has 1 saturated heterocycles. The fourth-order valence-corrected chi connectivity index (χ4v) is 3.42. The Morgan fingerprint density at radius 1 is 1.12 bits per heavy atom. The van der Waals surface area contributed by atoms with Crippen molar-refractivity contribution in [3.63, 3.8) is 0 Å². The molecule has 0 bridgehead atoms. The van der Waals surface area contributed by atoms with Gasteiger partial charge in [-0.15, -0.1) is 0 Å². The van der Waals surface area contributed by atoms with Crippen molar-refractivity contribution < 1.29 is 9.21 Å². The first kappa shape index (κ1) is 16.7. The van der Waals surface area contributed by atoms with E-state index in [1.807, 2.05) is 30.3 Å². The van der Waals surface area contributed by atoms with Crippen molar-refractivity contribution in [2.75, 3.05) is 13.1 Å². The number of nitrogens with one attached hydrogen (secondary N) is 1. The molecule has 1 aromatic heterocycles. The average Bonchev–Trinajstić information content (AvgIpc) is 2.63. The number of ketones is 1. The van der Waals surface area contributed by atoms with Crippen LogP contribution in [0.1, 0.15) is 28.8 Å². The number of hydrogen-bond acceptors (Lipinski definition) is 4. The lowest BCUT2D eigenvalue weighted by Crippen LogP contribution is -2.42. The Hall–Kier alpha value is -2.72. The van der Waals surface area contributed by atoms with E-state index in [2.05, 4.69) is 5.32 Å². The minimum Gasteiger partial charge on any atom is -0.455 e. The van der Waals surface area contributed by atoms with E-state index in [1.165, 1.54) is 0 Å². The Bertz CT molecular complexity index is 1020. The maximum Gasteiger partial charge on any atom is 0.196 e. The zero-order valence-electron chi connectivity index (χ0n) is 14.7. The first-order valence-electron chi connectivity index (χ1n) is 9.01. The predicted octanol–water partition coefficient (Wildman–Crippen LogP) is 3.95. The quantitative estimate of drug-likeness (QED) is 0.710. The fraction of sp³-hybridized carbons (Fsp3) is 0.273. The van der Waals surface area contributed by atoms with Crippen LogP contribution in [-0.2, 0) is 0 Å². The maximum atomic E-state index is 12.8. The summed E-state index contributed by atoms with van der Waals surface area (Å²) in [7, 11) is 0. The summed E-state index contributed by atoms with van der Waals surface area (Å²) in [5, 5.41) is 3.69. The third-order valence-electron chi connectivity index (χ3n) is 5.13. The minimum atomic E-state index is -0.0806. The van der Waals surface area contributed by atoms with Gasteiger partial charge in [-0.05, 0) is 44.5 Å². The van der Waals surface area contributed by atoms with Crippen molar-refractivity contribution in [3.8, 4) is 11.3 Å². The Labute approximate surface area is 151 Å². The van der Waals surface area contributed by atoms with Crippen LogP contribution in [0.15, 0.2) is 57.7 Å². The van der Waals surface area contributed by atoms with Crippen LogP contribution in [0.2, 0.25) is 0 Å². The molecule has 26 heavy (non-hydrogen) atoms. The van der Waals surface area contributed by atoms with Gasteiger partial charge in [-0.25, -0.2) is 0 Å². The predicted molar refractivity (Wildman–Crippen MR) is 103 cm³/mol. The molecule has 4 nitrogen and oxygen atoms in total. The highest BCUT2D eigenvalue weighted by atomic mass is 16.3. The Morgan fingerprint density at radius 2 is 1.88 bits per heavy atom. The van der Waals surface area contributed by atoms with Gasteiger partial charge in [-0.2, -0.15) is 0 Å². The molecule has 0 unspecified atom stereocenters. The van der Waals surface area contributed by atoms with Gasteiger partial charge in [0.2, 0.25) is 0 Å². The SMILES string of the molecule is Cc1c(-c2ccccc2)oc2c(C(=O)CCC3CNC3)cccc2c1=O. The number of fused-ring (bicyclic) bond motifs is 1. The van der Waals surface area contributed by atoms with Gasteiger partial charge >= 0.3 is 0 Å². The fourth-order valence-electron chi connectivity index (χ4n) is 3.42. The van der Waals surface area contributed by atoms with Crippen LogP contribution < -0.4 is 10.7 Å². The molecule has 3 aromatic rings. The first-order chi connectivity index (χ1) is 12.6. The van der Waals surface area contributed by atoms with Crippen LogP contribution in [-0.4, -0.2) is 18.9 Å². The number of hydrogen-bond donors (Lipinski definition) is 1. The van der Waals surface area contributed by atoms with Crippen LogP contribution in [0.25, 0.3) is 22.3 Å². The van der Waals surface area contributed by atoms with Crippen molar-refractivity contribution in [3.05, 3.63) is 69.9 Å². The smallest absolute Gasteiger partial charge is 0.196 e. The summed E-state index contributed by atoms with van der Waals surface area (Å²) in [5.41, 5.74) is 2.23. The highest BCUT2D eigenvalue weighted by Gasteiger charge is 2.21. The summed E-state index contributed by atoms with van der Waals surface area (Å²) < 4.78 is 6.13. The van der Waals surface area contributed by atoms with E-state index in [9.17, 15) is 9.59 Å². The summed E-state index contributed by atoms with van der Waals surface area (Å²) in [6.45, 7) is 3.73. The number of Topliss-reactive ketones (excluding diaryl/α,β-unsaturated/α-hetero) is 1. The van der Waals surface area contributed by atoms with E-state index in [4.69, 9.17) is 4.42 Å². The van der Waals surface area contributed by atoms with E-state index in [1.54, 1.807) is 25.1 Å². The third-order valence-corrected chi connectivity index (χ3v) is 5.13. The molecule has 4 heteroatoms. The lowest BCUT2D eigenvalue weighted by molar-refractivity contribution is 0.0969. The van der Waals surface area contributed by atoms with Gasteiger partial charge in [-0.3, -0.25) is 9.59 Å². The molecule has 0 saturated carbocycles. The molecule has 0 spiro atoms. The average molecular weight is 347 g/mol. The molecule has 2 heterocycles. The van der Waals surface area contributed by atoms with Gasteiger partial charge in [0.05, 0.1) is 10.9 Å². The van der Waals surface area contributed by atoms with E-state index in [0.717, 1.165) is 25.1 Å². The van der Waals surface area contributed by atoms with Crippen molar-refractivity contribution in [2.24, 2.45) is 5.92 Å². The molecule has 1 N–H and O–H groups in total. The molecule has 4 rings (SSSR count). The van der Waals surface area contributed by atoms with Crippen molar-refractivity contribution >= 4 is 16.8 Å². The molecule has 0 atom stereocenters. The largest absolute Gasteiger partial charge is 0.455 e. The summed E-state index contributed by atoms with van der Waals surface area (Å²) in [4.78, 5) is 25.6. The minimum absolute atomic E-state index is 0.0357. The van der Waals surface area contributed by atoms with Gasteiger partial charge in [-0.1, -0.05) is 36.4 Å². The second-order valence-corrected chi connectivity index (χ2v) is 6.92. The maximum absolute atomic E-state index is 12.8. The van der Waals surface area contributed by atoms with E-state index >= 15 is 0 Å². The molecule has 0 aliphatic carbocycles. The molecule has 1 aliphatic heterocycles. The van der Waals surface area contributed by atoms with Crippen molar-refractivity contribution in [1.29, 1.82) is 0 Å². The molecule has 1 aliphatic rings. The molecule has 1 fully saturated rings. The van der Waals surface area contributed by atoms with Crippen LogP contribution in [0.3, 0.4) is 0 Å². The van der Waals surface area contributed by atoms with Crippen LogP contribution in [0.5, 0.6) is 0 Å². The Kier molecular flexibility index (Phi) is 4.43. The van der Waals surface area contributed by atoms with Crippen LogP contribution in [0.4, 0.5) is 0 Å². The third kappa shape index (κ3) is 2.97. The monoisotopic (exact) mass is 347 g/mol. The lowest BCUT2D eigenvalue weighted by Gasteiger charge is -2.26. The number of carbonyl (C=O) groups excluding carboxylic acids is 1. The zero-order chi connectivity index (χ0) is 18.1. The summed E-state index contributed by atoms with van der Waals surface area (Å²) in [6.07, 6.45) is 1.34. The zero-order valence-corrected chi connectivity index (χ0v) is 14.7. The van der Waals surface area contributed by atoms with Gasteiger partial charge in [0.1, 0.15) is 11.3 Å². The van der Waals surface area contributed by atoms with Crippen LogP contribution >= 0.6 is 0 Å². The van der Waals surface area contributed by atoms with Crippen molar-refractivity contribution in [1.82, 2.24) is 5.32 Å². The lowest BCUT2D eigenvalue weighted by atomic mass is 9.93. The van der Waals surface area contributed by atoms with Gasteiger partial charge in [0, 0.05) is 17.5 Å². The summed E-state index contributed by atoms with van der Waals surface area (Å²) in [5.74, 6) is 1.14. The topological polar surface area (TPSA) is 59.3 Å². The second-order valence-electron chi connectivity index (χ2n) is 6.92. The standard InChI is InChI=1S/C22H21NO3/c1-14-20(25)18-9-5-8-17(19(24)11-10-15-12-23-13-15)22(18)26-21(14)16-6-3-2-4-7-16/h2-9,15,23H,10-13H2,1H3. The molecule has 2 aromatic carbocycles. The summed E-state index contributed by atoms with van der Waals surface area (Å²) in [6, 6.07) is 14.8. The molecule has 132 valence electrons. The van der Waals surface area contributed by atoms with Crippen molar-refractivity contribution in [2.45, 2.75) is 19.8 Å².